The van der Waals surface area contributed by atoms with Crippen LogP contribution in [0.1, 0.15) is 30.5 Å². The quantitative estimate of drug-likeness (QED) is 0.125. The number of rotatable bonds is 6. The number of pyridine rings is 1. The van der Waals surface area contributed by atoms with Crippen LogP contribution in [0.5, 0.6) is 0 Å². The van der Waals surface area contributed by atoms with Crippen LogP contribution in [0.15, 0.2) is 199 Å². The number of benzene rings is 7. The van der Waals surface area contributed by atoms with Crippen molar-refractivity contribution in [2.75, 3.05) is 0 Å². The van der Waals surface area contributed by atoms with Gasteiger partial charge in [0.25, 0.3) is 0 Å². The minimum absolute atomic E-state index is 0.422. The zero-order valence-corrected chi connectivity index (χ0v) is 33.6. The molecule has 0 radical (unpaired) electrons. The molecule has 59 heavy (non-hydrogen) atoms. The summed E-state index contributed by atoms with van der Waals surface area (Å²) in [6.45, 7) is 2.33. The van der Waals surface area contributed by atoms with Crippen molar-refractivity contribution in [3.63, 3.8) is 0 Å². The molecule has 0 bridgehead atoms. The number of para-hydroxylation sites is 2. The molecule has 4 heterocycles. The summed E-state index contributed by atoms with van der Waals surface area (Å²) in [6.07, 6.45) is 7.58. The third kappa shape index (κ3) is 4.98. The predicted octanol–water partition coefficient (Wildman–Crippen LogP) is 10.9. The summed E-state index contributed by atoms with van der Waals surface area (Å²) in [5.41, 5.74) is 10.00. The lowest BCUT2D eigenvalue weighted by Crippen LogP contribution is -2.74. The Labute approximate surface area is 342 Å². The summed E-state index contributed by atoms with van der Waals surface area (Å²) in [5.74, 6) is 0.422. The Morgan fingerprint density at radius 3 is 1.98 bits per heavy atom. The van der Waals surface area contributed by atoms with Crippen LogP contribution in [0.2, 0.25) is 0 Å². The molecule has 1 aliphatic carbocycles. The molecule has 0 fully saturated rings. The number of allylic oxidation sites excluding steroid dienone is 1. The van der Waals surface area contributed by atoms with Crippen molar-refractivity contribution >= 4 is 89.7 Å². The standard InChI is InChI=1S/C54H39N3OSi/c1-36-15-12-26-49-53(36)45-24-14-32-55-54(45)57(49)38-16-13-21-42(33-38)59(39-17-4-2-5-18-39,40-19-6-3-7-20-40)41-30-28-37(29-31-41)56-48-25-10-8-22-43(48)46-34-47-44-23-9-11-27-51(44)58-52(47)35-50(46)56/h2-14,16-36H,15H2,1H3. The average Bonchev–Trinajstić information content (AvgIpc) is 3.95. The van der Waals surface area contributed by atoms with Crippen LogP contribution in [0.4, 0.5) is 0 Å². The fourth-order valence-corrected chi connectivity index (χ4v) is 14.9. The van der Waals surface area contributed by atoms with Crippen molar-refractivity contribution in [3.8, 4) is 11.4 Å². The molecule has 0 N–H and O–H groups in total. The van der Waals surface area contributed by atoms with E-state index in [-0.39, 0.29) is 0 Å². The smallest absolute Gasteiger partial charge is 0.179 e. The first-order valence-corrected chi connectivity index (χ1v) is 22.5. The third-order valence-corrected chi connectivity index (χ3v) is 17.5. The Hall–Kier alpha value is -7.21. The van der Waals surface area contributed by atoms with Gasteiger partial charge in [0, 0.05) is 50.6 Å². The number of aromatic nitrogens is 3. The second-order valence-corrected chi connectivity index (χ2v) is 19.8. The monoisotopic (exact) mass is 773 g/mol. The highest BCUT2D eigenvalue weighted by Gasteiger charge is 2.42. The Kier molecular flexibility index (Phi) is 7.56. The van der Waals surface area contributed by atoms with Crippen molar-refractivity contribution < 1.29 is 4.42 Å². The first-order chi connectivity index (χ1) is 29.2. The maximum absolute atomic E-state index is 6.44. The van der Waals surface area contributed by atoms with Crippen LogP contribution in [0.3, 0.4) is 0 Å². The highest BCUT2D eigenvalue weighted by atomic mass is 28.3. The van der Waals surface area contributed by atoms with Crippen molar-refractivity contribution in [1.82, 2.24) is 14.1 Å². The Bertz CT molecular complexity index is 3390. The summed E-state index contributed by atoms with van der Waals surface area (Å²) in [5, 5.41) is 11.3. The molecule has 1 aliphatic rings. The topological polar surface area (TPSA) is 35.9 Å². The van der Waals surface area contributed by atoms with Gasteiger partial charge in [-0.15, -0.1) is 0 Å². The molecule has 4 nitrogen and oxygen atoms in total. The van der Waals surface area contributed by atoms with E-state index in [9.17, 15) is 0 Å². The number of nitrogens with zero attached hydrogens (tertiary/aromatic N) is 3. The lowest BCUT2D eigenvalue weighted by atomic mass is 9.91. The molecule has 11 aromatic rings. The molecule has 0 aliphatic heterocycles. The number of furan rings is 1. The fraction of sp³-hybridized carbons (Fsp3) is 0.0556. The Morgan fingerprint density at radius 1 is 0.508 bits per heavy atom. The van der Waals surface area contributed by atoms with Crippen LogP contribution in [0.25, 0.3) is 72.2 Å². The van der Waals surface area contributed by atoms with Crippen LogP contribution >= 0.6 is 0 Å². The van der Waals surface area contributed by atoms with Gasteiger partial charge in [-0.3, -0.25) is 4.57 Å². The summed E-state index contributed by atoms with van der Waals surface area (Å²) < 4.78 is 11.2. The molecule has 1 atom stereocenters. The van der Waals surface area contributed by atoms with Gasteiger partial charge in [0.15, 0.2) is 8.07 Å². The molecule has 0 saturated heterocycles. The SMILES string of the molecule is CC1CC=Cc2c1c1cccnc1n2-c1cccc([Si](c2ccccc2)(c2ccccc2)c2ccc(-n3c4ccccc4c4cc5c(cc43)oc3ccccc35)cc2)c1. The van der Waals surface area contributed by atoms with Gasteiger partial charge in [-0.2, -0.15) is 0 Å². The van der Waals surface area contributed by atoms with Crippen molar-refractivity contribution in [1.29, 1.82) is 0 Å². The first kappa shape index (κ1) is 33.9. The summed E-state index contributed by atoms with van der Waals surface area (Å²) >= 11 is 0. The maximum atomic E-state index is 6.44. The van der Waals surface area contributed by atoms with Crippen molar-refractivity contribution in [2.24, 2.45) is 0 Å². The van der Waals surface area contributed by atoms with Gasteiger partial charge < -0.3 is 8.98 Å². The van der Waals surface area contributed by atoms with E-state index in [2.05, 4.69) is 204 Å². The predicted molar refractivity (Wildman–Crippen MR) is 248 cm³/mol. The van der Waals surface area contributed by atoms with Crippen molar-refractivity contribution in [3.05, 3.63) is 206 Å². The average molecular weight is 774 g/mol. The van der Waals surface area contributed by atoms with Gasteiger partial charge in [-0.05, 0) is 99.3 Å². The molecule has 0 saturated carbocycles. The van der Waals surface area contributed by atoms with Crippen LogP contribution in [0, 0.1) is 0 Å². The number of hydrogen-bond donors (Lipinski definition) is 0. The number of fused-ring (bicyclic) bond motifs is 9. The fourth-order valence-electron chi connectivity index (χ4n) is 10.2. The molecule has 0 amide bonds. The van der Waals surface area contributed by atoms with Gasteiger partial charge in [0.1, 0.15) is 16.8 Å². The van der Waals surface area contributed by atoms with E-state index in [0.29, 0.717) is 5.92 Å². The van der Waals surface area contributed by atoms with Gasteiger partial charge in [0.05, 0.1) is 16.7 Å². The normalized spacial score (nSPS) is 14.2. The number of hydrogen-bond acceptors (Lipinski definition) is 2. The van der Waals surface area contributed by atoms with E-state index < -0.39 is 8.07 Å². The van der Waals surface area contributed by atoms with E-state index in [0.717, 1.165) is 50.9 Å². The van der Waals surface area contributed by atoms with Gasteiger partial charge >= 0.3 is 0 Å². The third-order valence-electron chi connectivity index (χ3n) is 12.7. The van der Waals surface area contributed by atoms with Crippen LogP contribution < -0.4 is 20.7 Å². The molecular weight excluding hydrogens is 735 g/mol. The molecule has 280 valence electrons. The minimum Gasteiger partial charge on any atom is -0.456 e. The van der Waals surface area contributed by atoms with E-state index in [4.69, 9.17) is 9.40 Å². The van der Waals surface area contributed by atoms with Gasteiger partial charge in [-0.1, -0.05) is 134 Å². The zero-order chi connectivity index (χ0) is 39.1. The highest BCUT2D eigenvalue weighted by Crippen LogP contribution is 2.40. The molecule has 12 rings (SSSR count). The zero-order valence-electron chi connectivity index (χ0n) is 32.6. The minimum atomic E-state index is -2.91. The molecule has 5 heteroatoms. The maximum Gasteiger partial charge on any atom is 0.179 e. The van der Waals surface area contributed by atoms with E-state index in [1.807, 2.05) is 12.3 Å². The molecule has 4 aromatic heterocycles. The molecule has 1 unspecified atom stereocenters. The van der Waals surface area contributed by atoms with Crippen LogP contribution in [-0.2, 0) is 0 Å². The largest absolute Gasteiger partial charge is 0.456 e. The van der Waals surface area contributed by atoms with E-state index >= 15 is 0 Å². The van der Waals surface area contributed by atoms with Gasteiger partial charge in [0.2, 0.25) is 0 Å². The van der Waals surface area contributed by atoms with Crippen molar-refractivity contribution in [2.45, 2.75) is 19.3 Å². The van der Waals surface area contributed by atoms with Crippen LogP contribution in [-0.4, -0.2) is 22.2 Å². The molecule has 7 aromatic carbocycles. The summed E-state index contributed by atoms with van der Waals surface area (Å²) in [6, 6.07) is 67.1. The lowest BCUT2D eigenvalue weighted by Gasteiger charge is -2.35. The lowest BCUT2D eigenvalue weighted by molar-refractivity contribution is 0.669. The first-order valence-electron chi connectivity index (χ1n) is 20.5. The van der Waals surface area contributed by atoms with E-state index in [1.54, 1.807) is 0 Å². The Balaban J connectivity index is 1.09. The Morgan fingerprint density at radius 2 is 1.19 bits per heavy atom. The van der Waals surface area contributed by atoms with Gasteiger partial charge in [-0.25, -0.2) is 4.98 Å². The second-order valence-electron chi connectivity index (χ2n) is 15.9. The summed E-state index contributed by atoms with van der Waals surface area (Å²) in [7, 11) is -2.91. The molecular formula is C54H39N3OSi. The van der Waals surface area contributed by atoms with E-state index in [1.165, 1.54) is 53.7 Å². The summed E-state index contributed by atoms with van der Waals surface area (Å²) in [4.78, 5) is 5.00. The highest BCUT2D eigenvalue weighted by molar-refractivity contribution is 7.19. The molecule has 0 spiro atoms. The second kappa shape index (κ2) is 13.2.